The van der Waals surface area contributed by atoms with E-state index in [1.807, 2.05) is 0 Å². The van der Waals surface area contributed by atoms with Crippen LogP contribution in [-0.4, -0.2) is 0 Å². The molecule has 0 N–H and O–H groups in total. The SMILES string of the molecule is CCCCCCCC#Cc1cccc(Br)c1F. The van der Waals surface area contributed by atoms with Gasteiger partial charge in [-0.05, 0) is 34.5 Å². The highest BCUT2D eigenvalue weighted by molar-refractivity contribution is 9.10. The maximum Gasteiger partial charge on any atom is 0.152 e. The zero-order valence-corrected chi connectivity index (χ0v) is 11.8. The molecular weight excluding hydrogens is 279 g/mol. The van der Waals surface area contributed by atoms with E-state index in [1.54, 1.807) is 18.2 Å². The first-order valence-electron chi connectivity index (χ1n) is 6.18. The predicted molar refractivity (Wildman–Crippen MR) is 74.4 cm³/mol. The van der Waals surface area contributed by atoms with Gasteiger partial charge in [0, 0.05) is 6.42 Å². The molecule has 2 heteroatoms. The second-order valence-electron chi connectivity index (χ2n) is 4.07. The molecule has 0 aromatic heterocycles. The van der Waals surface area contributed by atoms with Crippen LogP contribution in [0.15, 0.2) is 22.7 Å². The van der Waals surface area contributed by atoms with Crippen LogP contribution in [0.5, 0.6) is 0 Å². The van der Waals surface area contributed by atoms with E-state index in [4.69, 9.17) is 0 Å². The fraction of sp³-hybridized carbons (Fsp3) is 0.467. The summed E-state index contributed by atoms with van der Waals surface area (Å²) in [6.07, 6.45) is 7.04. The summed E-state index contributed by atoms with van der Waals surface area (Å²) < 4.78 is 14.0. The van der Waals surface area contributed by atoms with Crippen LogP contribution in [0, 0.1) is 17.7 Å². The third kappa shape index (κ3) is 5.37. The third-order valence-electron chi connectivity index (χ3n) is 2.58. The Morgan fingerprint density at radius 3 is 2.71 bits per heavy atom. The Bertz CT molecular complexity index is 401. The van der Waals surface area contributed by atoms with Crippen LogP contribution >= 0.6 is 15.9 Å². The summed E-state index contributed by atoms with van der Waals surface area (Å²) in [6.45, 7) is 2.20. The van der Waals surface area contributed by atoms with E-state index in [2.05, 4.69) is 34.7 Å². The van der Waals surface area contributed by atoms with E-state index >= 15 is 0 Å². The quantitative estimate of drug-likeness (QED) is 0.511. The zero-order valence-electron chi connectivity index (χ0n) is 10.2. The van der Waals surface area contributed by atoms with E-state index in [9.17, 15) is 4.39 Å². The first-order chi connectivity index (χ1) is 8.25. The van der Waals surface area contributed by atoms with Crippen molar-refractivity contribution in [2.45, 2.75) is 45.4 Å². The second-order valence-corrected chi connectivity index (χ2v) is 4.92. The summed E-state index contributed by atoms with van der Waals surface area (Å²) in [5.74, 6) is 5.67. The first-order valence-corrected chi connectivity index (χ1v) is 6.98. The molecule has 0 aliphatic heterocycles. The molecule has 0 nitrogen and oxygen atoms in total. The fourth-order valence-electron chi connectivity index (χ4n) is 1.58. The van der Waals surface area contributed by atoms with Crippen molar-refractivity contribution in [3.63, 3.8) is 0 Å². The van der Waals surface area contributed by atoms with Crippen molar-refractivity contribution in [1.82, 2.24) is 0 Å². The Balaban J connectivity index is 2.36. The average molecular weight is 297 g/mol. The summed E-state index contributed by atoms with van der Waals surface area (Å²) in [7, 11) is 0. The van der Waals surface area contributed by atoms with Crippen LogP contribution in [0.4, 0.5) is 4.39 Å². The van der Waals surface area contributed by atoms with Gasteiger partial charge in [0.15, 0.2) is 5.82 Å². The Morgan fingerprint density at radius 1 is 1.18 bits per heavy atom. The van der Waals surface area contributed by atoms with Crippen molar-refractivity contribution in [3.05, 3.63) is 34.1 Å². The molecule has 0 heterocycles. The molecule has 17 heavy (non-hydrogen) atoms. The minimum Gasteiger partial charge on any atom is -0.204 e. The van der Waals surface area contributed by atoms with E-state index in [0.717, 1.165) is 12.8 Å². The van der Waals surface area contributed by atoms with Gasteiger partial charge in [0.1, 0.15) is 0 Å². The molecule has 0 fully saturated rings. The molecule has 0 radical (unpaired) electrons. The number of hydrogen-bond acceptors (Lipinski definition) is 0. The number of rotatable bonds is 5. The van der Waals surface area contributed by atoms with Gasteiger partial charge in [-0.3, -0.25) is 0 Å². The smallest absolute Gasteiger partial charge is 0.152 e. The molecule has 0 amide bonds. The summed E-state index contributed by atoms with van der Waals surface area (Å²) in [6, 6.07) is 5.20. The van der Waals surface area contributed by atoms with Gasteiger partial charge < -0.3 is 0 Å². The van der Waals surface area contributed by atoms with Crippen LogP contribution in [0.1, 0.15) is 51.0 Å². The van der Waals surface area contributed by atoms with Gasteiger partial charge in [-0.15, -0.1) is 0 Å². The fourth-order valence-corrected chi connectivity index (χ4v) is 1.94. The number of hydrogen-bond donors (Lipinski definition) is 0. The number of unbranched alkanes of at least 4 members (excludes halogenated alkanes) is 5. The van der Waals surface area contributed by atoms with Crippen LogP contribution < -0.4 is 0 Å². The predicted octanol–water partition coefficient (Wildman–Crippen LogP) is 5.30. The molecule has 0 aliphatic carbocycles. The van der Waals surface area contributed by atoms with E-state index in [1.165, 1.54) is 25.7 Å². The molecule has 0 spiro atoms. The topological polar surface area (TPSA) is 0 Å². The van der Waals surface area contributed by atoms with E-state index in [0.29, 0.717) is 10.0 Å². The van der Waals surface area contributed by atoms with Crippen LogP contribution in [-0.2, 0) is 0 Å². The van der Waals surface area contributed by atoms with Crippen LogP contribution in [0.2, 0.25) is 0 Å². The van der Waals surface area contributed by atoms with Crippen molar-refractivity contribution < 1.29 is 4.39 Å². The minimum atomic E-state index is -0.258. The Kier molecular flexibility index (Phi) is 6.96. The van der Waals surface area contributed by atoms with Gasteiger partial charge >= 0.3 is 0 Å². The lowest BCUT2D eigenvalue weighted by Gasteiger charge is -1.96. The maximum atomic E-state index is 13.5. The van der Waals surface area contributed by atoms with Gasteiger partial charge in [0.25, 0.3) is 0 Å². The summed E-state index contributed by atoms with van der Waals surface area (Å²) in [5, 5.41) is 0. The highest BCUT2D eigenvalue weighted by Crippen LogP contribution is 2.17. The van der Waals surface area contributed by atoms with Gasteiger partial charge in [-0.1, -0.05) is 50.5 Å². The van der Waals surface area contributed by atoms with E-state index in [-0.39, 0.29) is 5.82 Å². The highest BCUT2D eigenvalue weighted by atomic mass is 79.9. The van der Waals surface area contributed by atoms with E-state index < -0.39 is 0 Å². The lowest BCUT2D eigenvalue weighted by Crippen LogP contribution is -1.84. The standard InChI is InChI=1S/C15H18BrF/c1-2-3-4-5-6-7-8-10-13-11-9-12-14(16)15(13)17/h9,11-12H,2-7H2,1H3. The molecule has 0 atom stereocenters. The number of halogens is 2. The molecule has 1 aromatic rings. The highest BCUT2D eigenvalue weighted by Gasteiger charge is 2.01. The Hall–Kier alpha value is -0.810. The third-order valence-corrected chi connectivity index (χ3v) is 3.19. The molecule has 1 rings (SSSR count). The number of benzene rings is 1. The van der Waals surface area contributed by atoms with Crippen molar-refractivity contribution in [3.8, 4) is 11.8 Å². The Morgan fingerprint density at radius 2 is 1.94 bits per heavy atom. The second kappa shape index (κ2) is 8.31. The van der Waals surface area contributed by atoms with Crippen molar-refractivity contribution in [2.75, 3.05) is 0 Å². The molecule has 92 valence electrons. The van der Waals surface area contributed by atoms with Crippen LogP contribution in [0.3, 0.4) is 0 Å². The minimum absolute atomic E-state index is 0.258. The van der Waals surface area contributed by atoms with Crippen molar-refractivity contribution in [1.29, 1.82) is 0 Å². The summed E-state index contributed by atoms with van der Waals surface area (Å²) >= 11 is 3.15. The zero-order chi connectivity index (χ0) is 12.5. The molecular formula is C15H18BrF. The van der Waals surface area contributed by atoms with Gasteiger partial charge in [-0.2, -0.15) is 0 Å². The molecule has 0 aliphatic rings. The normalized spacial score (nSPS) is 9.82. The Labute approximate surface area is 112 Å². The molecule has 0 saturated heterocycles. The maximum absolute atomic E-state index is 13.5. The first kappa shape index (κ1) is 14.3. The largest absolute Gasteiger partial charge is 0.204 e. The monoisotopic (exact) mass is 296 g/mol. The molecule has 0 unspecified atom stereocenters. The van der Waals surface area contributed by atoms with Gasteiger partial charge in [0.2, 0.25) is 0 Å². The average Bonchev–Trinajstić information content (AvgIpc) is 2.33. The summed E-state index contributed by atoms with van der Waals surface area (Å²) in [5.41, 5.74) is 0.480. The van der Waals surface area contributed by atoms with Crippen molar-refractivity contribution in [2.24, 2.45) is 0 Å². The lowest BCUT2D eigenvalue weighted by atomic mass is 10.1. The van der Waals surface area contributed by atoms with Crippen molar-refractivity contribution >= 4 is 15.9 Å². The van der Waals surface area contributed by atoms with Gasteiger partial charge in [-0.25, -0.2) is 4.39 Å². The van der Waals surface area contributed by atoms with Gasteiger partial charge in [0.05, 0.1) is 10.0 Å². The molecule has 1 aromatic carbocycles. The molecule has 0 bridgehead atoms. The summed E-state index contributed by atoms with van der Waals surface area (Å²) in [4.78, 5) is 0. The van der Waals surface area contributed by atoms with Crippen LogP contribution in [0.25, 0.3) is 0 Å². The lowest BCUT2D eigenvalue weighted by molar-refractivity contribution is 0.617. The molecule has 0 saturated carbocycles.